The Morgan fingerprint density at radius 2 is 1.78 bits per heavy atom. The lowest BCUT2D eigenvalue weighted by atomic mass is 10.1. The molecule has 174 valence electrons. The number of nitrogens with zero attached hydrogens (tertiary/aromatic N) is 3. The third kappa shape index (κ3) is 6.27. The van der Waals surface area contributed by atoms with E-state index in [2.05, 4.69) is 20.4 Å². The summed E-state index contributed by atoms with van der Waals surface area (Å²) in [6, 6.07) is 5.48. The van der Waals surface area contributed by atoms with Crippen LogP contribution in [0.25, 0.3) is 0 Å². The number of amides is 3. The molecule has 2 saturated heterocycles. The third-order valence-electron chi connectivity index (χ3n) is 5.66. The van der Waals surface area contributed by atoms with E-state index in [1.165, 1.54) is 4.90 Å². The summed E-state index contributed by atoms with van der Waals surface area (Å²) in [6.07, 6.45) is -0.139. The minimum absolute atomic E-state index is 0.138. The van der Waals surface area contributed by atoms with Gasteiger partial charge in [-0.05, 0) is 38.2 Å². The first kappa shape index (κ1) is 23.7. The molecule has 1 atom stereocenters. The molecule has 2 heterocycles. The number of ether oxygens (including phenoxy) is 1. The second-order valence-corrected chi connectivity index (χ2v) is 8.02. The van der Waals surface area contributed by atoms with Crippen LogP contribution in [0.3, 0.4) is 0 Å². The SMILES string of the molecule is CCOC(=O)c1ccc(NC(=O)CC2C(=O)NCCN2C(=O)CN2CCN(C)CC2)cc1. The minimum atomic E-state index is -0.845. The zero-order valence-electron chi connectivity index (χ0n) is 18.6. The van der Waals surface area contributed by atoms with Crippen LogP contribution >= 0.6 is 0 Å². The second-order valence-electron chi connectivity index (χ2n) is 8.02. The summed E-state index contributed by atoms with van der Waals surface area (Å²) in [4.78, 5) is 55.5. The molecule has 2 aliphatic rings. The van der Waals surface area contributed by atoms with Gasteiger partial charge in [0.2, 0.25) is 17.7 Å². The van der Waals surface area contributed by atoms with Crippen LogP contribution in [0.4, 0.5) is 5.69 Å². The monoisotopic (exact) mass is 445 g/mol. The second kappa shape index (κ2) is 11.1. The lowest BCUT2D eigenvalue weighted by Gasteiger charge is -2.37. The topological polar surface area (TPSA) is 111 Å². The van der Waals surface area contributed by atoms with Gasteiger partial charge in [-0.15, -0.1) is 0 Å². The maximum Gasteiger partial charge on any atom is 0.338 e. The molecule has 0 saturated carbocycles. The molecule has 2 N–H and O–H groups in total. The van der Waals surface area contributed by atoms with Gasteiger partial charge < -0.3 is 25.2 Å². The minimum Gasteiger partial charge on any atom is -0.462 e. The van der Waals surface area contributed by atoms with Crippen molar-refractivity contribution in [1.29, 1.82) is 0 Å². The van der Waals surface area contributed by atoms with Crippen molar-refractivity contribution in [2.75, 3.05) is 64.8 Å². The number of likely N-dealkylation sites (N-methyl/N-ethyl adjacent to an activating group) is 1. The average Bonchev–Trinajstić information content (AvgIpc) is 2.77. The number of piperazine rings is 2. The van der Waals surface area contributed by atoms with Gasteiger partial charge in [-0.2, -0.15) is 0 Å². The molecule has 0 radical (unpaired) electrons. The van der Waals surface area contributed by atoms with E-state index in [4.69, 9.17) is 4.74 Å². The van der Waals surface area contributed by atoms with Crippen molar-refractivity contribution in [1.82, 2.24) is 20.0 Å². The molecule has 1 aromatic carbocycles. The van der Waals surface area contributed by atoms with Gasteiger partial charge in [0.05, 0.1) is 25.1 Å². The van der Waals surface area contributed by atoms with Gasteiger partial charge in [-0.3, -0.25) is 19.3 Å². The Morgan fingerprint density at radius 1 is 1.09 bits per heavy atom. The van der Waals surface area contributed by atoms with Gasteiger partial charge in [0, 0.05) is 45.0 Å². The highest BCUT2D eigenvalue weighted by Gasteiger charge is 2.35. The Hall–Kier alpha value is -2.98. The van der Waals surface area contributed by atoms with Gasteiger partial charge in [0.1, 0.15) is 6.04 Å². The van der Waals surface area contributed by atoms with Crippen LogP contribution in [-0.2, 0) is 19.1 Å². The van der Waals surface area contributed by atoms with Crippen molar-refractivity contribution in [2.45, 2.75) is 19.4 Å². The van der Waals surface area contributed by atoms with Crippen LogP contribution in [0.1, 0.15) is 23.7 Å². The summed E-state index contributed by atoms with van der Waals surface area (Å²) in [5.74, 6) is -1.27. The van der Waals surface area contributed by atoms with Gasteiger partial charge >= 0.3 is 5.97 Å². The van der Waals surface area contributed by atoms with E-state index in [1.54, 1.807) is 31.2 Å². The smallest absolute Gasteiger partial charge is 0.338 e. The number of hydrogen-bond donors (Lipinski definition) is 2. The van der Waals surface area contributed by atoms with Crippen LogP contribution in [0.5, 0.6) is 0 Å². The van der Waals surface area contributed by atoms with Crippen LogP contribution in [0.15, 0.2) is 24.3 Å². The highest BCUT2D eigenvalue weighted by molar-refractivity contribution is 5.98. The molecule has 0 spiro atoms. The van der Waals surface area contributed by atoms with Crippen molar-refractivity contribution in [3.8, 4) is 0 Å². The fraction of sp³-hybridized carbons (Fsp3) is 0.545. The van der Waals surface area contributed by atoms with E-state index < -0.39 is 12.0 Å². The number of benzene rings is 1. The largest absolute Gasteiger partial charge is 0.462 e. The first-order valence-corrected chi connectivity index (χ1v) is 10.9. The molecule has 32 heavy (non-hydrogen) atoms. The molecule has 0 aromatic heterocycles. The van der Waals surface area contributed by atoms with Gasteiger partial charge in [-0.1, -0.05) is 0 Å². The van der Waals surface area contributed by atoms with Crippen LogP contribution in [0.2, 0.25) is 0 Å². The Labute approximate surface area is 187 Å². The number of carbonyl (C=O) groups is 4. The number of anilines is 1. The van der Waals surface area contributed by atoms with Gasteiger partial charge in [0.25, 0.3) is 0 Å². The number of nitrogens with one attached hydrogen (secondary N) is 2. The summed E-state index contributed by atoms with van der Waals surface area (Å²) < 4.78 is 4.94. The van der Waals surface area contributed by atoms with Crippen molar-refractivity contribution in [3.05, 3.63) is 29.8 Å². The molecule has 3 rings (SSSR count). The molecule has 0 bridgehead atoms. The van der Waals surface area contributed by atoms with Crippen LogP contribution in [-0.4, -0.2) is 104 Å². The normalized spacial score (nSPS) is 19.9. The number of hydrogen-bond acceptors (Lipinski definition) is 7. The van der Waals surface area contributed by atoms with Crippen molar-refractivity contribution >= 4 is 29.4 Å². The van der Waals surface area contributed by atoms with Crippen LogP contribution in [0, 0.1) is 0 Å². The lowest BCUT2D eigenvalue weighted by Crippen LogP contribution is -2.60. The summed E-state index contributed by atoms with van der Waals surface area (Å²) in [5.41, 5.74) is 0.881. The van der Waals surface area contributed by atoms with E-state index in [1.807, 2.05) is 7.05 Å². The Balaban J connectivity index is 1.57. The standard InChI is InChI=1S/C22H31N5O5/c1-3-32-22(31)16-4-6-17(7-5-16)24-19(28)14-18-21(30)23-8-9-27(18)20(29)15-26-12-10-25(2)11-13-26/h4-7,18H,3,8-15H2,1-2H3,(H,23,30)(H,24,28). The molecule has 1 unspecified atom stereocenters. The fourth-order valence-corrected chi connectivity index (χ4v) is 3.80. The Kier molecular flexibility index (Phi) is 8.18. The van der Waals surface area contributed by atoms with Crippen molar-refractivity contribution < 1.29 is 23.9 Å². The highest BCUT2D eigenvalue weighted by atomic mass is 16.5. The van der Waals surface area contributed by atoms with E-state index in [9.17, 15) is 19.2 Å². The zero-order chi connectivity index (χ0) is 23.1. The maximum atomic E-state index is 12.9. The predicted molar refractivity (Wildman–Crippen MR) is 118 cm³/mol. The van der Waals surface area contributed by atoms with E-state index >= 15 is 0 Å². The molecule has 10 heteroatoms. The van der Waals surface area contributed by atoms with Gasteiger partial charge in [-0.25, -0.2) is 4.79 Å². The predicted octanol–water partition coefficient (Wildman–Crippen LogP) is -0.234. The molecule has 10 nitrogen and oxygen atoms in total. The summed E-state index contributed by atoms with van der Waals surface area (Å²) >= 11 is 0. The Morgan fingerprint density at radius 3 is 2.44 bits per heavy atom. The molecule has 1 aromatic rings. The van der Waals surface area contributed by atoms with Crippen molar-refractivity contribution in [2.24, 2.45) is 0 Å². The van der Waals surface area contributed by atoms with Crippen LogP contribution < -0.4 is 10.6 Å². The molecule has 0 aliphatic carbocycles. The first-order chi connectivity index (χ1) is 15.4. The summed E-state index contributed by atoms with van der Waals surface area (Å²) in [7, 11) is 2.05. The van der Waals surface area contributed by atoms with E-state index in [-0.39, 0.29) is 37.3 Å². The molecular formula is C22H31N5O5. The number of carbonyl (C=O) groups excluding carboxylic acids is 4. The molecule has 2 aliphatic heterocycles. The van der Waals surface area contributed by atoms with E-state index in [0.29, 0.717) is 24.3 Å². The first-order valence-electron chi connectivity index (χ1n) is 10.9. The van der Waals surface area contributed by atoms with Gasteiger partial charge in [0.15, 0.2) is 0 Å². The third-order valence-corrected chi connectivity index (χ3v) is 5.66. The van der Waals surface area contributed by atoms with Crippen molar-refractivity contribution in [3.63, 3.8) is 0 Å². The molecule has 3 amide bonds. The molecular weight excluding hydrogens is 414 g/mol. The fourth-order valence-electron chi connectivity index (χ4n) is 3.80. The summed E-state index contributed by atoms with van der Waals surface area (Å²) in [6.45, 7) is 6.41. The maximum absolute atomic E-state index is 12.9. The highest BCUT2D eigenvalue weighted by Crippen LogP contribution is 2.15. The summed E-state index contributed by atoms with van der Waals surface area (Å²) in [5, 5.41) is 5.47. The quantitative estimate of drug-likeness (QED) is 0.558. The zero-order valence-corrected chi connectivity index (χ0v) is 18.6. The number of esters is 1. The lowest BCUT2D eigenvalue weighted by molar-refractivity contribution is -0.145. The Bertz CT molecular complexity index is 836. The molecule has 2 fully saturated rings. The number of rotatable bonds is 7. The van der Waals surface area contributed by atoms with E-state index in [0.717, 1.165) is 26.2 Å². The average molecular weight is 446 g/mol.